The maximum absolute atomic E-state index is 14.7. The zero-order valence-corrected chi connectivity index (χ0v) is 16.3. The molecule has 2 aromatic heterocycles. The number of anilines is 1. The molecule has 5 nitrogen and oxygen atoms in total. The third kappa shape index (κ3) is 2.55. The summed E-state index contributed by atoms with van der Waals surface area (Å²) >= 11 is 0. The van der Waals surface area contributed by atoms with Crippen molar-refractivity contribution in [1.82, 2.24) is 9.55 Å². The number of halogens is 1. The molecule has 2 heterocycles. The van der Waals surface area contributed by atoms with Gasteiger partial charge in [-0.3, -0.25) is 0 Å². The molecule has 1 saturated carbocycles. The Morgan fingerprint density at radius 1 is 1.21 bits per heavy atom. The molecule has 0 unspecified atom stereocenters. The van der Waals surface area contributed by atoms with E-state index in [1.165, 1.54) is 13.2 Å². The Morgan fingerprint density at radius 3 is 2.69 bits per heavy atom. The molecule has 4 aromatic rings. The van der Waals surface area contributed by atoms with E-state index in [-0.39, 0.29) is 17.7 Å². The van der Waals surface area contributed by atoms with Crippen LogP contribution in [0.4, 0.5) is 10.1 Å². The number of nitrogen functional groups attached to an aromatic ring is 1. The topological polar surface area (TPSA) is 73.3 Å². The van der Waals surface area contributed by atoms with Crippen LogP contribution in [0, 0.1) is 11.7 Å². The van der Waals surface area contributed by atoms with Crippen molar-refractivity contribution in [3.8, 4) is 22.8 Å². The Kier molecular flexibility index (Phi) is 3.91. The molecule has 0 saturated heterocycles. The predicted octanol–water partition coefficient (Wildman–Crippen LogP) is 5.26. The first-order chi connectivity index (χ1) is 14.0. The van der Waals surface area contributed by atoms with E-state index in [0.717, 1.165) is 12.8 Å². The van der Waals surface area contributed by atoms with E-state index in [1.54, 1.807) is 12.1 Å². The molecule has 0 amide bonds. The third-order valence-electron chi connectivity index (χ3n) is 6.02. The number of aromatic hydroxyl groups is 1. The molecular formula is C23H22FN3O2. The minimum atomic E-state index is -0.388. The van der Waals surface area contributed by atoms with Crippen molar-refractivity contribution in [2.24, 2.45) is 5.92 Å². The molecule has 0 bridgehead atoms. The van der Waals surface area contributed by atoms with Crippen molar-refractivity contribution < 1.29 is 14.2 Å². The normalized spacial score (nSPS) is 18.9. The van der Waals surface area contributed by atoms with Gasteiger partial charge in [-0.1, -0.05) is 31.2 Å². The first kappa shape index (κ1) is 17.8. The molecular weight excluding hydrogens is 369 g/mol. The van der Waals surface area contributed by atoms with Crippen LogP contribution in [0.1, 0.15) is 25.8 Å². The lowest BCUT2D eigenvalue weighted by Crippen LogP contribution is -2.23. The van der Waals surface area contributed by atoms with E-state index in [1.807, 2.05) is 29.0 Å². The summed E-state index contributed by atoms with van der Waals surface area (Å²) in [6.07, 6.45) is 3.89. The quantitative estimate of drug-likeness (QED) is 0.499. The summed E-state index contributed by atoms with van der Waals surface area (Å²) in [5.41, 5.74) is 9.07. The maximum atomic E-state index is 14.7. The molecule has 6 heteroatoms. The van der Waals surface area contributed by atoms with E-state index in [2.05, 4.69) is 6.92 Å². The van der Waals surface area contributed by atoms with Crippen molar-refractivity contribution in [2.45, 2.75) is 25.8 Å². The molecule has 148 valence electrons. The summed E-state index contributed by atoms with van der Waals surface area (Å²) in [5, 5.41) is 12.1. The van der Waals surface area contributed by atoms with Crippen LogP contribution >= 0.6 is 0 Å². The molecule has 1 aliphatic carbocycles. The van der Waals surface area contributed by atoms with Crippen molar-refractivity contribution in [3.63, 3.8) is 0 Å². The lowest BCUT2D eigenvalue weighted by atomic mass is 9.82. The van der Waals surface area contributed by atoms with Crippen LogP contribution in [0.15, 0.2) is 42.6 Å². The van der Waals surface area contributed by atoms with Gasteiger partial charge in [0.1, 0.15) is 11.6 Å². The lowest BCUT2D eigenvalue weighted by molar-refractivity contribution is 0.202. The smallest absolute Gasteiger partial charge is 0.203 e. The van der Waals surface area contributed by atoms with E-state index in [9.17, 15) is 9.50 Å². The second kappa shape index (κ2) is 6.37. The Bertz CT molecular complexity index is 1260. The average Bonchev–Trinajstić information content (AvgIpc) is 3.01. The largest absolute Gasteiger partial charge is 0.496 e. The maximum Gasteiger partial charge on any atom is 0.203 e. The standard InChI is InChI=1S/C23H22FN3O2/c1-12-9-13(10-12)27-11-17-20(23(27)28)21(25)15-6-3-5-14(22(15)26-17)19-16(24)7-4-8-18(19)29-2/h3-8,11-13,28H,9-10,25H2,1-2H3. The van der Waals surface area contributed by atoms with E-state index >= 15 is 0 Å². The SMILES string of the molecule is COc1cccc(F)c1-c1cccc2c(N)c3c(O)n(C4CC(C)C4)cc3nc12. The molecule has 5 rings (SSSR count). The summed E-state index contributed by atoms with van der Waals surface area (Å²) in [4.78, 5) is 4.79. The second-order valence-corrected chi connectivity index (χ2v) is 7.89. The van der Waals surface area contributed by atoms with Crippen LogP contribution in [-0.2, 0) is 0 Å². The van der Waals surface area contributed by atoms with Crippen LogP contribution in [0.3, 0.4) is 0 Å². The fraction of sp³-hybridized carbons (Fsp3) is 0.261. The second-order valence-electron chi connectivity index (χ2n) is 7.89. The highest BCUT2D eigenvalue weighted by atomic mass is 19.1. The summed E-state index contributed by atoms with van der Waals surface area (Å²) < 4.78 is 22.0. The fourth-order valence-electron chi connectivity index (χ4n) is 4.48. The minimum absolute atomic E-state index is 0.151. The van der Waals surface area contributed by atoms with Gasteiger partial charge >= 0.3 is 0 Å². The summed E-state index contributed by atoms with van der Waals surface area (Å²) in [6.45, 7) is 2.20. The highest BCUT2D eigenvalue weighted by Gasteiger charge is 2.30. The van der Waals surface area contributed by atoms with Gasteiger partial charge in [-0.25, -0.2) is 9.37 Å². The number of pyridine rings is 1. The Labute approximate surface area is 167 Å². The molecule has 0 spiro atoms. The number of hydrogen-bond donors (Lipinski definition) is 2. The number of methoxy groups -OCH3 is 1. The van der Waals surface area contributed by atoms with Gasteiger partial charge in [0.25, 0.3) is 0 Å². The van der Waals surface area contributed by atoms with Crippen molar-refractivity contribution in [3.05, 3.63) is 48.4 Å². The van der Waals surface area contributed by atoms with Gasteiger partial charge < -0.3 is 20.1 Å². The van der Waals surface area contributed by atoms with Crippen molar-refractivity contribution >= 4 is 27.5 Å². The van der Waals surface area contributed by atoms with Crippen LogP contribution in [-0.4, -0.2) is 21.8 Å². The van der Waals surface area contributed by atoms with Crippen LogP contribution < -0.4 is 10.5 Å². The average molecular weight is 391 g/mol. The van der Waals surface area contributed by atoms with E-state index < -0.39 is 0 Å². The van der Waals surface area contributed by atoms with Gasteiger partial charge in [0, 0.05) is 23.2 Å². The predicted molar refractivity (Wildman–Crippen MR) is 113 cm³/mol. The van der Waals surface area contributed by atoms with Gasteiger partial charge in [0.05, 0.1) is 34.8 Å². The number of nitrogens with zero attached hydrogens (tertiary/aromatic N) is 2. The number of benzene rings is 2. The molecule has 0 aliphatic heterocycles. The highest BCUT2D eigenvalue weighted by Crippen LogP contribution is 2.45. The zero-order chi connectivity index (χ0) is 20.3. The van der Waals surface area contributed by atoms with Gasteiger partial charge in [-0.15, -0.1) is 0 Å². The molecule has 0 radical (unpaired) electrons. The molecule has 0 atom stereocenters. The van der Waals surface area contributed by atoms with Crippen molar-refractivity contribution in [2.75, 3.05) is 12.8 Å². The number of fused-ring (bicyclic) bond motifs is 2. The Morgan fingerprint density at radius 2 is 1.97 bits per heavy atom. The Hall–Kier alpha value is -3.28. The number of rotatable bonds is 3. The first-order valence-electron chi connectivity index (χ1n) is 9.74. The van der Waals surface area contributed by atoms with E-state index in [4.69, 9.17) is 15.5 Å². The monoisotopic (exact) mass is 391 g/mol. The number of hydrogen-bond acceptors (Lipinski definition) is 4. The molecule has 1 aliphatic rings. The first-order valence-corrected chi connectivity index (χ1v) is 9.74. The van der Waals surface area contributed by atoms with Crippen LogP contribution in [0.2, 0.25) is 0 Å². The highest BCUT2D eigenvalue weighted by molar-refractivity contribution is 6.12. The number of nitrogens with two attached hydrogens (primary N) is 1. The number of para-hydroxylation sites is 1. The van der Waals surface area contributed by atoms with Gasteiger partial charge in [-0.2, -0.15) is 0 Å². The molecule has 3 N–H and O–H groups in total. The number of aromatic nitrogens is 2. The van der Waals surface area contributed by atoms with Crippen LogP contribution in [0.25, 0.3) is 32.9 Å². The fourth-order valence-corrected chi connectivity index (χ4v) is 4.48. The van der Waals surface area contributed by atoms with E-state index in [0.29, 0.717) is 50.3 Å². The minimum Gasteiger partial charge on any atom is -0.496 e. The molecule has 1 fully saturated rings. The van der Waals surface area contributed by atoms with Gasteiger partial charge in [-0.05, 0) is 30.9 Å². The molecule has 2 aromatic carbocycles. The van der Waals surface area contributed by atoms with Gasteiger partial charge in [0.15, 0.2) is 0 Å². The van der Waals surface area contributed by atoms with Gasteiger partial charge in [0.2, 0.25) is 5.88 Å². The molecule has 29 heavy (non-hydrogen) atoms. The zero-order valence-electron chi connectivity index (χ0n) is 16.3. The summed E-state index contributed by atoms with van der Waals surface area (Å²) in [7, 11) is 1.52. The number of ether oxygens (including phenoxy) is 1. The summed E-state index contributed by atoms with van der Waals surface area (Å²) in [5.74, 6) is 0.843. The van der Waals surface area contributed by atoms with Crippen LogP contribution in [0.5, 0.6) is 11.6 Å². The summed E-state index contributed by atoms with van der Waals surface area (Å²) in [6, 6.07) is 10.5. The third-order valence-corrected chi connectivity index (χ3v) is 6.02. The lowest BCUT2D eigenvalue weighted by Gasteiger charge is -2.34. The Balaban J connectivity index is 1.80. The van der Waals surface area contributed by atoms with Crippen molar-refractivity contribution in [1.29, 1.82) is 0 Å².